The summed E-state index contributed by atoms with van der Waals surface area (Å²) in [6, 6.07) is 11.0. The van der Waals surface area contributed by atoms with Crippen LogP contribution in [0.15, 0.2) is 48.8 Å². The number of nitrogens with zero attached hydrogens (tertiary/aromatic N) is 3. The van der Waals surface area contributed by atoms with Crippen molar-refractivity contribution in [1.82, 2.24) is 19.7 Å². The van der Waals surface area contributed by atoms with Crippen molar-refractivity contribution in [3.63, 3.8) is 0 Å². The molecule has 0 aliphatic rings. The van der Waals surface area contributed by atoms with E-state index in [1.54, 1.807) is 24.5 Å². The number of anilines is 1. The fraction of sp³-hybridized carbons (Fsp3) is 0.350. The van der Waals surface area contributed by atoms with E-state index < -0.39 is 10.2 Å². The number of pyridine rings is 1. The Hall–Kier alpha value is -2.78. The van der Waals surface area contributed by atoms with E-state index in [0.717, 1.165) is 5.56 Å². The molecule has 0 spiro atoms. The fourth-order valence-electron chi connectivity index (χ4n) is 2.79. The topological polar surface area (TPSA) is 106 Å². The quantitative estimate of drug-likeness (QED) is 0.554. The fourth-order valence-corrected chi connectivity index (χ4v) is 3.72. The smallest absolute Gasteiger partial charge is 0.300 e. The molecule has 0 aliphatic heterocycles. The van der Waals surface area contributed by atoms with Gasteiger partial charge in [-0.3, -0.25) is 9.71 Å². The average Bonchev–Trinajstić information content (AvgIpc) is 2.70. The van der Waals surface area contributed by atoms with Crippen LogP contribution >= 0.6 is 0 Å². The molecule has 0 amide bonds. The van der Waals surface area contributed by atoms with Gasteiger partial charge in [0, 0.05) is 24.5 Å². The SMILES string of the molecule is CCCNS(=O)(=O)Nc1nc2ccccc2nc1O[C@H](c1cccnc1)C(C)C. The number of hydrogen-bond acceptors (Lipinski definition) is 6. The minimum absolute atomic E-state index is 0.0434. The van der Waals surface area contributed by atoms with E-state index >= 15 is 0 Å². The normalized spacial score (nSPS) is 12.8. The molecule has 3 aromatic rings. The standard InChI is InChI=1S/C20H25N5O3S/c1-4-11-22-29(26,27)25-19-20(24-17-10-6-5-9-16(17)23-19)28-18(14(2)3)15-8-7-12-21-13-15/h5-10,12-14,18,22H,4,11H2,1-3H3,(H,23,25)/t18-/m0/s1. The minimum Gasteiger partial charge on any atom is -0.466 e. The summed E-state index contributed by atoms with van der Waals surface area (Å²) in [4.78, 5) is 13.1. The second-order valence-electron chi connectivity index (χ2n) is 6.93. The Morgan fingerprint density at radius 1 is 1.07 bits per heavy atom. The van der Waals surface area contributed by atoms with E-state index in [4.69, 9.17) is 4.74 Å². The summed E-state index contributed by atoms with van der Waals surface area (Å²) in [6.45, 7) is 6.22. The van der Waals surface area contributed by atoms with Crippen LogP contribution in [-0.2, 0) is 10.2 Å². The minimum atomic E-state index is -3.80. The predicted octanol–water partition coefficient (Wildman–Crippen LogP) is 3.46. The summed E-state index contributed by atoms with van der Waals surface area (Å²) in [5.41, 5.74) is 2.05. The Balaban J connectivity index is 2.02. The lowest BCUT2D eigenvalue weighted by Gasteiger charge is -2.23. The lowest BCUT2D eigenvalue weighted by Crippen LogP contribution is -2.31. The summed E-state index contributed by atoms with van der Waals surface area (Å²) in [5, 5.41) is 0. The van der Waals surface area contributed by atoms with Crippen LogP contribution in [0.2, 0.25) is 0 Å². The van der Waals surface area contributed by atoms with Crippen molar-refractivity contribution in [2.24, 2.45) is 5.92 Å². The van der Waals surface area contributed by atoms with Crippen LogP contribution in [0.3, 0.4) is 0 Å². The Kier molecular flexibility index (Phi) is 6.60. The van der Waals surface area contributed by atoms with E-state index in [1.807, 2.05) is 45.0 Å². The Morgan fingerprint density at radius 2 is 1.79 bits per heavy atom. The maximum absolute atomic E-state index is 12.4. The lowest BCUT2D eigenvalue weighted by molar-refractivity contribution is 0.147. The first-order valence-electron chi connectivity index (χ1n) is 9.50. The van der Waals surface area contributed by atoms with Crippen molar-refractivity contribution in [2.45, 2.75) is 33.3 Å². The molecule has 154 valence electrons. The molecule has 3 rings (SSSR count). The third kappa shape index (κ3) is 5.39. The Labute approximate surface area is 170 Å². The van der Waals surface area contributed by atoms with Gasteiger partial charge in [-0.2, -0.15) is 13.1 Å². The first-order valence-corrected chi connectivity index (χ1v) is 11.0. The first kappa shape index (κ1) is 20.9. The molecular formula is C20H25N5O3S. The van der Waals surface area contributed by atoms with Crippen LogP contribution < -0.4 is 14.2 Å². The molecule has 8 nitrogen and oxygen atoms in total. The predicted molar refractivity (Wildman–Crippen MR) is 113 cm³/mol. The molecule has 0 saturated carbocycles. The maximum Gasteiger partial charge on any atom is 0.300 e. The highest BCUT2D eigenvalue weighted by Crippen LogP contribution is 2.32. The van der Waals surface area contributed by atoms with Gasteiger partial charge >= 0.3 is 0 Å². The van der Waals surface area contributed by atoms with Crippen LogP contribution in [0.4, 0.5) is 5.82 Å². The van der Waals surface area contributed by atoms with Crippen LogP contribution in [0.1, 0.15) is 38.9 Å². The van der Waals surface area contributed by atoms with Gasteiger partial charge in [-0.15, -0.1) is 0 Å². The number of ether oxygens (including phenoxy) is 1. The molecule has 0 aliphatic carbocycles. The molecule has 1 atom stereocenters. The summed E-state index contributed by atoms with van der Waals surface area (Å²) in [6.07, 6.45) is 3.72. The van der Waals surface area contributed by atoms with Crippen LogP contribution in [0.5, 0.6) is 5.88 Å². The zero-order valence-electron chi connectivity index (χ0n) is 16.7. The van der Waals surface area contributed by atoms with E-state index in [1.165, 1.54) is 0 Å². The molecule has 0 saturated heterocycles. The number of hydrogen-bond donors (Lipinski definition) is 2. The van der Waals surface area contributed by atoms with E-state index in [0.29, 0.717) is 24.0 Å². The number of rotatable bonds is 9. The van der Waals surface area contributed by atoms with Crippen molar-refractivity contribution < 1.29 is 13.2 Å². The van der Waals surface area contributed by atoms with Gasteiger partial charge in [-0.1, -0.05) is 39.0 Å². The molecular weight excluding hydrogens is 390 g/mol. The van der Waals surface area contributed by atoms with Gasteiger partial charge in [-0.25, -0.2) is 9.97 Å². The molecule has 9 heteroatoms. The highest BCUT2D eigenvalue weighted by molar-refractivity contribution is 7.90. The summed E-state index contributed by atoms with van der Waals surface area (Å²) in [7, 11) is -3.80. The number of nitrogens with one attached hydrogen (secondary N) is 2. The van der Waals surface area contributed by atoms with Gasteiger partial charge in [0.15, 0.2) is 0 Å². The van der Waals surface area contributed by atoms with E-state index in [2.05, 4.69) is 24.4 Å². The highest BCUT2D eigenvalue weighted by atomic mass is 32.2. The number of aromatic nitrogens is 3. The molecule has 1 aromatic carbocycles. The van der Waals surface area contributed by atoms with Gasteiger partial charge in [0.1, 0.15) is 6.10 Å². The Bertz CT molecular complexity index is 1060. The molecule has 0 fully saturated rings. The molecule has 2 heterocycles. The van der Waals surface area contributed by atoms with E-state index in [-0.39, 0.29) is 23.7 Å². The highest BCUT2D eigenvalue weighted by Gasteiger charge is 2.23. The second kappa shape index (κ2) is 9.15. The van der Waals surface area contributed by atoms with Gasteiger partial charge in [-0.05, 0) is 30.5 Å². The van der Waals surface area contributed by atoms with Gasteiger partial charge in [0.25, 0.3) is 16.1 Å². The van der Waals surface area contributed by atoms with Crippen LogP contribution in [-0.4, -0.2) is 29.9 Å². The third-order valence-corrected chi connectivity index (χ3v) is 5.21. The van der Waals surface area contributed by atoms with Crippen LogP contribution in [0.25, 0.3) is 11.0 Å². The van der Waals surface area contributed by atoms with Crippen molar-refractivity contribution in [2.75, 3.05) is 11.3 Å². The number of para-hydroxylation sites is 2. The first-order chi connectivity index (χ1) is 13.9. The van der Waals surface area contributed by atoms with Gasteiger partial charge in [0.2, 0.25) is 5.82 Å². The molecule has 29 heavy (non-hydrogen) atoms. The zero-order chi connectivity index (χ0) is 20.9. The molecule has 0 bridgehead atoms. The Morgan fingerprint density at radius 3 is 2.41 bits per heavy atom. The van der Waals surface area contributed by atoms with Gasteiger partial charge in [0.05, 0.1) is 11.0 Å². The zero-order valence-corrected chi connectivity index (χ0v) is 17.5. The molecule has 2 aromatic heterocycles. The lowest BCUT2D eigenvalue weighted by atomic mass is 10.0. The summed E-state index contributed by atoms with van der Waals surface area (Å²) in [5.74, 6) is 0.255. The maximum atomic E-state index is 12.4. The molecule has 2 N–H and O–H groups in total. The van der Waals surface area contributed by atoms with Crippen molar-refractivity contribution >= 4 is 27.1 Å². The monoisotopic (exact) mass is 415 g/mol. The molecule has 0 unspecified atom stereocenters. The van der Waals surface area contributed by atoms with Gasteiger partial charge < -0.3 is 4.74 Å². The largest absolute Gasteiger partial charge is 0.466 e. The van der Waals surface area contributed by atoms with E-state index in [9.17, 15) is 8.42 Å². The molecule has 0 radical (unpaired) electrons. The summed E-state index contributed by atoms with van der Waals surface area (Å²) < 4.78 is 35.9. The van der Waals surface area contributed by atoms with Crippen LogP contribution in [0, 0.1) is 5.92 Å². The average molecular weight is 416 g/mol. The van der Waals surface area contributed by atoms with Crippen molar-refractivity contribution in [1.29, 1.82) is 0 Å². The summed E-state index contributed by atoms with van der Waals surface area (Å²) >= 11 is 0. The number of benzene rings is 1. The van der Waals surface area contributed by atoms with Crippen molar-refractivity contribution in [3.8, 4) is 5.88 Å². The third-order valence-electron chi connectivity index (χ3n) is 4.17. The number of fused-ring (bicyclic) bond motifs is 1. The second-order valence-corrected chi connectivity index (χ2v) is 8.43. The van der Waals surface area contributed by atoms with Crippen molar-refractivity contribution in [3.05, 3.63) is 54.4 Å².